The van der Waals surface area contributed by atoms with Crippen LogP contribution in [0.1, 0.15) is 55.9 Å². The lowest BCUT2D eigenvalue weighted by atomic mass is 9.73. The number of carbonyl (C=O) groups is 1. The Morgan fingerprint density at radius 3 is 2.74 bits per heavy atom. The zero-order valence-electron chi connectivity index (χ0n) is 27.9. The molecule has 13 nitrogen and oxygen atoms in total. The largest absolute Gasteiger partial charge is 0.459 e. The van der Waals surface area contributed by atoms with Gasteiger partial charge in [0.05, 0.1) is 17.0 Å². The second kappa shape index (κ2) is 13.6. The molecule has 5 heterocycles. The van der Waals surface area contributed by atoms with Gasteiger partial charge < -0.3 is 24.8 Å². The van der Waals surface area contributed by atoms with E-state index in [1.54, 1.807) is 25.1 Å². The predicted octanol–water partition coefficient (Wildman–Crippen LogP) is 3.99. The van der Waals surface area contributed by atoms with Gasteiger partial charge in [0.25, 0.3) is 0 Å². The summed E-state index contributed by atoms with van der Waals surface area (Å²) in [5, 5.41) is 4.94. The number of carbonyl (C=O) groups excluding carboxylic acids is 1. The van der Waals surface area contributed by atoms with Gasteiger partial charge in [-0.2, -0.15) is 15.0 Å². The second-order valence-electron chi connectivity index (χ2n) is 13.2. The molecule has 3 aromatic heterocycles. The molecule has 250 valence electrons. The summed E-state index contributed by atoms with van der Waals surface area (Å²) in [5.74, 6) is 1.54. The summed E-state index contributed by atoms with van der Waals surface area (Å²) < 4.78 is 12.4. The number of piperazine rings is 1. The fourth-order valence-electron chi connectivity index (χ4n) is 6.96. The fraction of sp³-hybridized carbons (Fsp3) is 0.576. The molecule has 14 heteroatoms. The van der Waals surface area contributed by atoms with Gasteiger partial charge in [0.15, 0.2) is 0 Å². The van der Waals surface area contributed by atoms with E-state index in [0.717, 1.165) is 81.1 Å². The summed E-state index contributed by atoms with van der Waals surface area (Å²) in [7, 11) is 5.63. The predicted molar refractivity (Wildman–Crippen MR) is 182 cm³/mol. The Morgan fingerprint density at radius 2 is 2.04 bits per heavy atom. The molecule has 0 radical (unpaired) electrons. The van der Waals surface area contributed by atoms with Crippen molar-refractivity contribution in [1.82, 2.24) is 34.8 Å². The molecular weight excluding hydrogens is 616 g/mol. The van der Waals surface area contributed by atoms with Crippen LogP contribution in [0.4, 0.5) is 16.5 Å². The number of ether oxygens (including phenoxy) is 1. The molecule has 6 rings (SSSR count). The van der Waals surface area contributed by atoms with Gasteiger partial charge in [-0.1, -0.05) is 11.2 Å². The zero-order chi connectivity index (χ0) is 33.3. The third-order valence-corrected chi connectivity index (χ3v) is 10.8. The molecule has 2 saturated heterocycles. The lowest BCUT2D eigenvalue weighted by molar-refractivity contribution is -0.123. The molecule has 3 atom stereocenters. The van der Waals surface area contributed by atoms with E-state index < -0.39 is 5.41 Å². The number of amides is 1. The van der Waals surface area contributed by atoms with E-state index in [1.165, 1.54) is 11.3 Å². The van der Waals surface area contributed by atoms with Crippen LogP contribution in [0.2, 0.25) is 0 Å². The Bertz CT molecular complexity index is 1670. The number of nitrogen functional groups attached to an aromatic ring is 1. The number of rotatable bonds is 9. The van der Waals surface area contributed by atoms with Crippen LogP contribution in [-0.2, 0) is 16.6 Å². The van der Waals surface area contributed by atoms with Crippen molar-refractivity contribution < 1.29 is 14.1 Å². The molecule has 2 aliphatic heterocycles. The van der Waals surface area contributed by atoms with Crippen molar-refractivity contribution in [3.8, 4) is 17.5 Å². The molecule has 2 fully saturated rings. The Morgan fingerprint density at radius 1 is 1.26 bits per heavy atom. The molecule has 3 aromatic rings. The van der Waals surface area contributed by atoms with Crippen LogP contribution >= 0.6 is 11.3 Å². The highest BCUT2D eigenvalue weighted by atomic mass is 32.1. The SMILES string of the molecule is [C-]#[N+]c1c(N)sc2c1[C@@](C)(c1nc(-c3cc(N4CCN(C/C=C/C(=O)N(C)C)CC4)nc(O[C@@H](C)C4CCCN4C)n3)no1)CCC2. The van der Waals surface area contributed by atoms with Gasteiger partial charge in [0.2, 0.25) is 23.3 Å². The van der Waals surface area contributed by atoms with Gasteiger partial charge in [-0.15, -0.1) is 11.3 Å². The van der Waals surface area contributed by atoms with Gasteiger partial charge in [-0.3, -0.25) is 14.6 Å². The Labute approximate surface area is 280 Å². The molecular formula is C33H44N10O3S. The molecule has 0 aromatic carbocycles. The molecule has 1 aliphatic carbocycles. The first kappa shape index (κ1) is 32.9. The topological polar surface area (TPSA) is 134 Å². The number of fused-ring (bicyclic) bond motifs is 1. The maximum Gasteiger partial charge on any atom is 0.319 e. The summed E-state index contributed by atoms with van der Waals surface area (Å²) in [6.45, 7) is 16.8. The van der Waals surface area contributed by atoms with Crippen LogP contribution in [0.15, 0.2) is 22.7 Å². The summed E-state index contributed by atoms with van der Waals surface area (Å²) in [4.78, 5) is 39.8. The van der Waals surface area contributed by atoms with E-state index in [2.05, 4.69) is 45.6 Å². The quantitative estimate of drug-likeness (QED) is 0.264. The van der Waals surface area contributed by atoms with E-state index in [9.17, 15) is 4.79 Å². The third kappa shape index (κ3) is 6.70. The average molecular weight is 661 g/mol. The first-order valence-corrected chi connectivity index (χ1v) is 17.1. The van der Waals surface area contributed by atoms with Crippen LogP contribution in [-0.4, -0.2) is 113 Å². The van der Waals surface area contributed by atoms with E-state index in [0.29, 0.717) is 34.6 Å². The highest BCUT2D eigenvalue weighted by Crippen LogP contribution is 2.52. The molecule has 2 N–H and O–H groups in total. The number of nitrogens with two attached hydrogens (primary N) is 1. The maximum absolute atomic E-state index is 11.9. The van der Waals surface area contributed by atoms with Crippen molar-refractivity contribution >= 4 is 33.8 Å². The summed E-state index contributed by atoms with van der Waals surface area (Å²) >= 11 is 1.49. The monoisotopic (exact) mass is 660 g/mol. The molecule has 0 saturated carbocycles. The second-order valence-corrected chi connectivity index (χ2v) is 14.3. The molecule has 1 unspecified atom stereocenters. The van der Waals surface area contributed by atoms with Gasteiger partial charge in [-0.05, 0) is 70.0 Å². The van der Waals surface area contributed by atoms with E-state index >= 15 is 0 Å². The molecule has 47 heavy (non-hydrogen) atoms. The number of nitrogens with zero attached hydrogens (tertiary/aromatic N) is 9. The molecule has 1 amide bonds. The van der Waals surface area contributed by atoms with Crippen LogP contribution < -0.4 is 15.4 Å². The Hall–Kier alpha value is -4.06. The number of likely N-dealkylation sites (N-methyl/N-ethyl adjacent to an activating group) is 2. The van der Waals surface area contributed by atoms with Crippen molar-refractivity contribution in [3.05, 3.63) is 46.0 Å². The zero-order valence-corrected chi connectivity index (χ0v) is 28.7. The standard InChI is InChI=1S/C33H44N10O3S/c1-21(23-10-8-14-41(23)6)45-32-36-22(20-25(37-32)43-18-16-42(17-19-43)15-9-12-26(44)40(4)5)30-38-31(46-39-30)33(2)13-7-11-24-27(33)28(35-3)29(34)47-24/h9,12,20-21,23H,7-8,10-11,13-19,34H2,1-2,4-6H3/b12-9+/t21-,23?,33-/m0/s1. The number of likely N-dealkylation sites (tertiary alicyclic amines) is 1. The Kier molecular flexibility index (Phi) is 9.50. The van der Waals surface area contributed by atoms with Crippen LogP contribution in [0.3, 0.4) is 0 Å². The van der Waals surface area contributed by atoms with Gasteiger partial charge >= 0.3 is 6.01 Å². The lowest BCUT2D eigenvalue weighted by Crippen LogP contribution is -2.46. The number of aryl methyl sites for hydroxylation is 1. The Balaban J connectivity index is 1.27. The van der Waals surface area contributed by atoms with Crippen molar-refractivity contribution in [1.29, 1.82) is 0 Å². The van der Waals surface area contributed by atoms with E-state index in [-0.39, 0.29) is 24.1 Å². The normalized spacial score (nSPS) is 22.7. The van der Waals surface area contributed by atoms with Crippen LogP contribution in [0, 0.1) is 6.57 Å². The highest BCUT2D eigenvalue weighted by molar-refractivity contribution is 7.16. The van der Waals surface area contributed by atoms with E-state index in [1.807, 2.05) is 12.1 Å². The number of hydrogen-bond donors (Lipinski definition) is 1. The van der Waals surface area contributed by atoms with Crippen molar-refractivity contribution in [2.24, 2.45) is 0 Å². The average Bonchev–Trinajstić information content (AvgIpc) is 3.80. The van der Waals surface area contributed by atoms with E-state index in [4.69, 9.17) is 36.5 Å². The minimum absolute atomic E-state index is 0.0171. The number of thiophene rings is 1. The maximum atomic E-state index is 11.9. The van der Waals surface area contributed by atoms with Gasteiger partial charge in [0.1, 0.15) is 17.6 Å². The molecule has 3 aliphatic rings. The molecule has 0 bridgehead atoms. The number of aromatic nitrogens is 4. The van der Waals surface area contributed by atoms with Crippen LogP contribution in [0.5, 0.6) is 6.01 Å². The van der Waals surface area contributed by atoms with Crippen molar-refractivity contribution in [2.75, 3.05) is 71.0 Å². The minimum atomic E-state index is -0.620. The number of hydrogen-bond acceptors (Lipinski definition) is 12. The first-order valence-electron chi connectivity index (χ1n) is 16.3. The first-order chi connectivity index (χ1) is 22.6. The smallest absolute Gasteiger partial charge is 0.319 e. The van der Waals surface area contributed by atoms with Crippen molar-refractivity contribution in [2.45, 2.75) is 63.5 Å². The third-order valence-electron chi connectivity index (χ3n) is 9.72. The number of anilines is 2. The summed E-state index contributed by atoms with van der Waals surface area (Å²) in [6.07, 6.45) is 8.25. The van der Waals surface area contributed by atoms with Gasteiger partial charge in [-0.25, -0.2) is 4.85 Å². The summed E-state index contributed by atoms with van der Waals surface area (Å²) in [5.41, 5.74) is 7.57. The van der Waals surface area contributed by atoms with Crippen molar-refractivity contribution in [3.63, 3.8) is 0 Å². The highest BCUT2D eigenvalue weighted by Gasteiger charge is 2.43. The van der Waals surface area contributed by atoms with Gasteiger partial charge in [0, 0.05) is 65.0 Å². The summed E-state index contributed by atoms with van der Waals surface area (Å²) in [6, 6.07) is 2.48. The van der Waals surface area contributed by atoms with Crippen LogP contribution in [0.25, 0.3) is 16.4 Å². The molecule has 0 spiro atoms. The lowest BCUT2D eigenvalue weighted by Gasteiger charge is -2.35. The fourth-order valence-corrected chi connectivity index (χ4v) is 8.14. The minimum Gasteiger partial charge on any atom is -0.459 e.